The summed E-state index contributed by atoms with van der Waals surface area (Å²) in [4.78, 5) is 12.7. The first-order valence-corrected chi connectivity index (χ1v) is 6.89. The van der Waals surface area contributed by atoms with Crippen molar-refractivity contribution in [3.05, 3.63) is 65.5 Å². The average Bonchev–Trinajstić information content (AvgIpc) is 3.01. The van der Waals surface area contributed by atoms with E-state index < -0.39 is 0 Å². The van der Waals surface area contributed by atoms with Crippen molar-refractivity contribution in [1.29, 1.82) is 0 Å². The van der Waals surface area contributed by atoms with E-state index in [4.69, 9.17) is 0 Å². The molecule has 0 saturated heterocycles. The number of nitrogens with one attached hydrogen (secondary N) is 1. The lowest BCUT2D eigenvalue weighted by atomic mass is 10.3. The second-order valence-corrected chi connectivity index (χ2v) is 5.11. The summed E-state index contributed by atoms with van der Waals surface area (Å²) in [5.41, 5.74) is 1.94. The highest BCUT2D eigenvalue weighted by molar-refractivity contribution is 9.10. The molecule has 0 saturated carbocycles. The van der Waals surface area contributed by atoms with Gasteiger partial charge in [0.1, 0.15) is 12.1 Å². The number of halogens is 1. The van der Waals surface area contributed by atoms with Gasteiger partial charge in [-0.25, -0.2) is 9.97 Å². The van der Waals surface area contributed by atoms with Crippen molar-refractivity contribution in [2.45, 2.75) is 6.54 Å². The number of hydrogen-bond donors (Lipinski definition) is 1. The molecule has 3 rings (SSSR count). The minimum absolute atomic E-state index is 0.666. The normalized spacial score (nSPS) is 10.4. The molecule has 0 radical (unpaired) electrons. The fraction of sp³-hybridized carbons (Fsp3) is 0.0714. The molecule has 0 fully saturated rings. The molecule has 6 heteroatoms. The maximum Gasteiger partial charge on any atom is 0.137 e. The van der Waals surface area contributed by atoms with E-state index in [1.165, 1.54) is 0 Å². The van der Waals surface area contributed by atoms with Crippen molar-refractivity contribution in [2.75, 3.05) is 5.32 Å². The minimum atomic E-state index is 0.666. The van der Waals surface area contributed by atoms with Crippen LogP contribution in [-0.4, -0.2) is 19.5 Å². The highest BCUT2D eigenvalue weighted by Gasteiger charge is 1.99. The van der Waals surface area contributed by atoms with E-state index in [9.17, 15) is 0 Å². The Morgan fingerprint density at radius 2 is 2.05 bits per heavy atom. The number of imidazole rings is 1. The van der Waals surface area contributed by atoms with Gasteiger partial charge in [0, 0.05) is 23.1 Å². The lowest BCUT2D eigenvalue weighted by Crippen LogP contribution is -2.02. The number of aromatic nitrogens is 4. The van der Waals surface area contributed by atoms with Crippen LogP contribution in [0.4, 0.5) is 5.69 Å². The molecule has 100 valence electrons. The number of anilines is 1. The molecule has 1 N–H and O–H groups in total. The second kappa shape index (κ2) is 5.83. The summed E-state index contributed by atoms with van der Waals surface area (Å²) >= 11 is 3.37. The molecule has 20 heavy (non-hydrogen) atoms. The van der Waals surface area contributed by atoms with Gasteiger partial charge in [0.25, 0.3) is 0 Å². The summed E-state index contributed by atoms with van der Waals surface area (Å²) in [5, 5.41) is 3.29. The standard InChI is InChI=1S/C14H12BrN5/c15-11-1-2-12(17-7-11)8-18-13-3-4-14(19-9-13)20-6-5-16-10-20/h1-7,9-10,18H,8H2. The van der Waals surface area contributed by atoms with Crippen molar-refractivity contribution < 1.29 is 0 Å². The van der Waals surface area contributed by atoms with Crippen molar-refractivity contribution in [3.8, 4) is 5.82 Å². The molecule has 3 aromatic heterocycles. The lowest BCUT2D eigenvalue weighted by Gasteiger charge is -2.07. The van der Waals surface area contributed by atoms with Gasteiger partial charge in [0.05, 0.1) is 24.1 Å². The van der Waals surface area contributed by atoms with Crippen LogP contribution in [0, 0.1) is 0 Å². The van der Waals surface area contributed by atoms with Crippen LogP contribution in [0.25, 0.3) is 5.82 Å². The first-order valence-electron chi connectivity index (χ1n) is 6.10. The zero-order valence-corrected chi connectivity index (χ0v) is 12.2. The molecule has 0 unspecified atom stereocenters. The van der Waals surface area contributed by atoms with Crippen LogP contribution in [0.2, 0.25) is 0 Å². The average molecular weight is 330 g/mol. The summed E-state index contributed by atoms with van der Waals surface area (Å²) in [7, 11) is 0. The second-order valence-electron chi connectivity index (χ2n) is 4.20. The Labute approximate surface area is 124 Å². The topological polar surface area (TPSA) is 55.6 Å². The Morgan fingerprint density at radius 3 is 2.70 bits per heavy atom. The Kier molecular flexibility index (Phi) is 3.73. The van der Waals surface area contributed by atoms with Gasteiger partial charge in [0.15, 0.2) is 0 Å². The van der Waals surface area contributed by atoms with Crippen LogP contribution >= 0.6 is 15.9 Å². The number of hydrogen-bond acceptors (Lipinski definition) is 4. The van der Waals surface area contributed by atoms with Gasteiger partial charge in [-0.15, -0.1) is 0 Å². The van der Waals surface area contributed by atoms with Crippen LogP contribution in [0.3, 0.4) is 0 Å². The largest absolute Gasteiger partial charge is 0.378 e. The molecule has 3 aromatic rings. The third-order valence-corrected chi connectivity index (χ3v) is 3.25. The maximum absolute atomic E-state index is 4.38. The van der Waals surface area contributed by atoms with Crippen molar-refractivity contribution in [1.82, 2.24) is 19.5 Å². The molecule has 0 aliphatic rings. The Balaban J connectivity index is 1.65. The molecule has 0 aliphatic heterocycles. The fourth-order valence-corrected chi connectivity index (χ4v) is 1.98. The molecule has 0 bridgehead atoms. The van der Waals surface area contributed by atoms with E-state index >= 15 is 0 Å². The predicted octanol–water partition coefficient (Wildman–Crippen LogP) is 3.04. The highest BCUT2D eigenvalue weighted by atomic mass is 79.9. The monoisotopic (exact) mass is 329 g/mol. The molecule has 0 spiro atoms. The van der Waals surface area contributed by atoms with E-state index in [1.54, 1.807) is 24.9 Å². The molecule has 3 heterocycles. The molecule has 5 nitrogen and oxygen atoms in total. The van der Waals surface area contributed by atoms with Crippen LogP contribution < -0.4 is 5.32 Å². The third-order valence-electron chi connectivity index (χ3n) is 2.78. The van der Waals surface area contributed by atoms with E-state index in [0.717, 1.165) is 21.7 Å². The van der Waals surface area contributed by atoms with E-state index in [-0.39, 0.29) is 0 Å². The molecular formula is C14H12BrN5. The molecule has 0 amide bonds. The van der Waals surface area contributed by atoms with E-state index in [0.29, 0.717) is 6.54 Å². The van der Waals surface area contributed by atoms with Crippen molar-refractivity contribution in [2.24, 2.45) is 0 Å². The lowest BCUT2D eigenvalue weighted by molar-refractivity contribution is 0.986. The third kappa shape index (κ3) is 3.03. The molecule has 0 aromatic carbocycles. The van der Waals surface area contributed by atoms with Crippen LogP contribution in [0.5, 0.6) is 0 Å². The summed E-state index contributed by atoms with van der Waals surface area (Å²) in [6, 6.07) is 7.88. The quantitative estimate of drug-likeness (QED) is 0.799. The zero-order chi connectivity index (χ0) is 13.8. The van der Waals surface area contributed by atoms with E-state index in [1.807, 2.05) is 35.0 Å². The maximum atomic E-state index is 4.38. The summed E-state index contributed by atoms with van der Waals surface area (Å²) in [5.74, 6) is 0.842. The van der Waals surface area contributed by atoms with Gasteiger partial charge >= 0.3 is 0 Å². The first-order chi connectivity index (χ1) is 9.81. The highest BCUT2D eigenvalue weighted by Crippen LogP contribution is 2.12. The van der Waals surface area contributed by atoms with E-state index in [2.05, 4.69) is 36.2 Å². The molecule has 0 atom stereocenters. The molecular weight excluding hydrogens is 318 g/mol. The van der Waals surface area contributed by atoms with Gasteiger partial charge < -0.3 is 5.32 Å². The number of pyridine rings is 2. The SMILES string of the molecule is Brc1ccc(CNc2ccc(-n3ccnc3)nc2)nc1. The Bertz CT molecular complexity index is 662. The first kappa shape index (κ1) is 12.8. The smallest absolute Gasteiger partial charge is 0.137 e. The zero-order valence-electron chi connectivity index (χ0n) is 10.6. The van der Waals surface area contributed by atoms with Crippen LogP contribution in [0.1, 0.15) is 5.69 Å². The summed E-state index contributed by atoms with van der Waals surface area (Å²) in [6.07, 6.45) is 8.90. The van der Waals surface area contributed by atoms with Crippen LogP contribution in [0.15, 0.2) is 59.9 Å². The Morgan fingerprint density at radius 1 is 1.10 bits per heavy atom. The number of nitrogens with zero attached hydrogens (tertiary/aromatic N) is 4. The van der Waals surface area contributed by atoms with Gasteiger partial charge in [0.2, 0.25) is 0 Å². The van der Waals surface area contributed by atoms with Crippen molar-refractivity contribution in [3.63, 3.8) is 0 Å². The Hall–Kier alpha value is -2.21. The fourth-order valence-electron chi connectivity index (χ4n) is 1.74. The van der Waals surface area contributed by atoms with Gasteiger partial charge in [-0.2, -0.15) is 0 Å². The summed E-state index contributed by atoms with van der Waals surface area (Å²) < 4.78 is 2.84. The predicted molar refractivity (Wildman–Crippen MR) is 80.6 cm³/mol. The van der Waals surface area contributed by atoms with Gasteiger partial charge in [-0.1, -0.05) is 0 Å². The number of rotatable bonds is 4. The minimum Gasteiger partial charge on any atom is -0.378 e. The van der Waals surface area contributed by atoms with Gasteiger partial charge in [-0.05, 0) is 40.2 Å². The van der Waals surface area contributed by atoms with Crippen LogP contribution in [-0.2, 0) is 6.54 Å². The summed E-state index contributed by atoms with van der Waals surface area (Å²) in [6.45, 7) is 0.666. The van der Waals surface area contributed by atoms with Crippen molar-refractivity contribution >= 4 is 21.6 Å². The molecule has 0 aliphatic carbocycles. The van der Waals surface area contributed by atoms with Gasteiger partial charge in [-0.3, -0.25) is 9.55 Å².